The molecule has 5 nitrogen and oxygen atoms in total. The number of likely N-dealkylation sites (tertiary alicyclic amines) is 1. The van der Waals surface area contributed by atoms with Crippen molar-refractivity contribution < 1.29 is 14.0 Å². The summed E-state index contributed by atoms with van der Waals surface area (Å²) in [4.78, 5) is 27.9. The first-order valence-corrected chi connectivity index (χ1v) is 11.7. The van der Waals surface area contributed by atoms with Gasteiger partial charge in [-0.1, -0.05) is 30.3 Å². The van der Waals surface area contributed by atoms with Crippen molar-refractivity contribution in [3.63, 3.8) is 0 Å². The van der Waals surface area contributed by atoms with Crippen LogP contribution in [0.1, 0.15) is 29.0 Å². The smallest absolute Gasteiger partial charge is 0.289 e. The molecule has 31 heavy (non-hydrogen) atoms. The molecule has 0 unspecified atom stereocenters. The van der Waals surface area contributed by atoms with Gasteiger partial charge in [-0.2, -0.15) is 0 Å². The van der Waals surface area contributed by atoms with Gasteiger partial charge in [-0.25, -0.2) is 0 Å². The number of rotatable bonds is 6. The van der Waals surface area contributed by atoms with E-state index in [0.717, 1.165) is 29.4 Å². The van der Waals surface area contributed by atoms with Crippen molar-refractivity contribution in [1.29, 1.82) is 0 Å². The first-order chi connectivity index (χ1) is 15.1. The van der Waals surface area contributed by atoms with Crippen molar-refractivity contribution in [1.82, 2.24) is 10.2 Å². The van der Waals surface area contributed by atoms with E-state index in [9.17, 15) is 9.59 Å². The Labute approximate surface area is 186 Å². The van der Waals surface area contributed by atoms with Gasteiger partial charge in [0.15, 0.2) is 5.76 Å². The Bertz CT molecular complexity index is 1050. The monoisotopic (exact) mass is 434 g/mol. The van der Waals surface area contributed by atoms with Gasteiger partial charge < -0.3 is 14.6 Å². The predicted octanol–water partition coefficient (Wildman–Crippen LogP) is 4.84. The lowest BCUT2D eigenvalue weighted by molar-refractivity contribution is -0.116. The van der Waals surface area contributed by atoms with Crippen LogP contribution in [-0.4, -0.2) is 42.6 Å². The van der Waals surface area contributed by atoms with E-state index >= 15 is 0 Å². The van der Waals surface area contributed by atoms with E-state index in [2.05, 4.69) is 5.32 Å². The summed E-state index contributed by atoms with van der Waals surface area (Å²) >= 11 is 1.69. The maximum atomic E-state index is 12.8. The van der Waals surface area contributed by atoms with Gasteiger partial charge in [-0.15, -0.1) is 11.8 Å². The molecule has 0 spiro atoms. The normalized spacial score (nSPS) is 14.9. The van der Waals surface area contributed by atoms with Gasteiger partial charge in [0, 0.05) is 36.0 Å². The van der Waals surface area contributed by atoms with Crippen LogP contribution in [0.5, 0.6) is 0 Å². The first kappa shape index (κ1) is 21.2. The van der Waals surface area contributed by atoms with Gasteiger partial charge >= 0.3 is 0 Å². The first-order valence-electron chi connectivity index (χ1n) is 10.5. The average Bonchev–Trinajstić information content (AvgIpc) is 3.26. The van der Waals surface area contributed by atoms with Gasteiger partial charge in [0.05, 0.1) is 0 Å². The third-order valence-electron chi connectivity index (χ3n) is 5.65. The van der Waals surface area contributed by atoms with Crippen LogP contribution in [-0.2, 0) is 4.79 Å². The summed E-state index contributed by atoms with van der Waals surface area (Å²) in [6.45, 7) is 1.98. The zero-order valence-corrected chi connectivity index (χ0v) is 18.4. The fraction of sp³-hybridized carbons (Fsp3) is 0.280. The second-order valence-electron chi connectivity index (χ2n) is 7.74. The molecule has 160 valence electrons. The van der Waals surface area contributed by atoms with Crippen LogP contribution in [0.4, 0.5) is 0 Å². The van der Waals surface area contributed by atoms with Gasteiger partial charge in [0.1, 0.15) is 5.58 Å². The van der Waals surface area contributed by atoms with Crippen LogP contribution >= 0.6 is 11.8 Å². The highest BCUT2D eigenvalue weighted by Gasteiger charge is 2.25. The Hall–Kier alpha value is -2.99. The molecule has 1 N–H and O–H groups in total. The number of thioether (sulfide) groups is 1. The molecule has 6 heteroatoms. The topological polar surface area (TPSA) is 62.6 Å². The molecule has 2 amide bonds. The molecule has 1 fully saturated rings. The van der Waals surface area contributed by atoms with Gasteiger partial charge in [0.2, 0.25) is 5.91 Å². The quantitative estimate of drug-likeness (QED) is 0.446. The van der Waals surface area contributed by atoms with Crippen LogP contribution in [0.25, 0.3) is 17.0 Å². The minimum absolute atomic E-state index is 0.0610. The van der Waals surface area contributed by atoms with E-state index in [4.69, 9.17) is 4.42 Å². The lowest BCUT2D eigenvalue weighted by atomic mass is 9.96. The third-order valence-corrected chi connectivity index (χ3v) is 6.39. The number of hydrogen-bond donors (Lipinski definition) is 1. The summed E-state index contributed by atoms with van der Waals surface area (Å²) in [6, 6.07) is 17.6. The molecule has 3 aromatic rings. The number of furan rings is 1. The number of carbonyl (C=O) groups excluding carboxylic acids is 2. The van der Waals surface area contributed by atoms with Crippen molar-refractivity contribution in [2.75, 3.05) is 25.9 Å². The Kier molecular flexibility index (Phi) is 6.77. The van der Waals surface area contributed by atoms with Crippen molar-refractivity contribution in [2.24, 2.45) is 5.92 Å². The molecule has 2 aromatic carbocycles. The molecule has 0 bridgehead atoms. The van der Waals surface area contributed by atoms with Gasteiger partial charge in [-0.05, 0) is 60.9 Å². The highest BCUT2D eigenvalue weighted by Crippen LogP contribution is 2.23. The molecule has 1 saturated heterocycles. The van der Waals surface area contributed by atoms with Gasteiger partial charge in [-0.3, -0.25) is 9.59 Å². The van der Waals surface area contributed by atoms with Crippen molar-refractivity contribution >= 4 is 40.6 Å². The van der Waals surface area contributed by atoms with Crippen LogP contribution in [0.2, 0.25) is 0 Å². The average molecular weight is 435 g/mol. The van der Waals surface area contributed by atoms with Crippen molar-refractivity contribution in [3.8, 4) is 0 Å². The van der Waals surface area contributed by atoms with E-state index in [1.165, 1.54) is 4.90 Å². The molecular formula is C25H26N2O3S. The fourth-order valence-electron chi connectivity index (χ4n) is 3.77. The van der Waals surface area contributed by atoms with Crippen molar-refractivity contribution in [2.45, 2.75) is 17.7 Å². The maximum Gasteiger partial charge on any atom is 0.289 e. The minimum atomic E-state index is -0.0882. The second kappa shape index (κ2) is 9.88. The number of benzene rings is 2. The lowest BCUT2D eigenvalue weighted by Crippen LogP contribution is -2.41. The van der Waals surface area contributed by atoms with Crippen LogP contribution < -0.4 is 5.32 Å². The molecule has 0 aliphatic carbocycles. The summed E-state index contributed by atoms with van der Waals surface area (Å²) in [7, 11) is 0. The number of fused-ring (bicyclic) bond motifs is 1. The highest BCUT2D eigenvalue weighted by molar-refractivity contribution is 7.98. The molecule has 0 radical (unpaired) electrons. The Morgan fingerprint density at radius 2 is 1.87 bits per heavy atom. The summed E-state index contributed by atoms with van der Waals surface area (Å²) in [6.07, 6.45) is 7.18. The van der Waals surface area contributed by atoms with E-state index < -0.39 is 0 Å². The number of para-hydroxylation sites is 1. The Morgan fingerprint density at radius 1 is 1.13 bits per heavy atom. The molecule has 1 aromatic heterocycles. The molecule has 0 saturated carbocycles. The van der Waals surface area contributed by atoms with E-state index in [1.54, 1.807) is 17.8 Å². The summed E-state index contributed by atoms with van der Waals surface area (Å²) in [5.74, 6) is 0.616. The molecule has 1 aliphatic heterocycles. The minimum Gasteiger partial charge on any atom is -0.451 e. The number of nitrogens with zero attached hydrogens (tertiary/aromatic N) is 1. The largest absolute Gasteiger partial charge is 0.451 e. The zero-order chi connectivity index (χ0) is 21.6. The number of amides is 2. The lowest BCUT2D eigenvalue weighted by Gasteiger charge is -2.31. The molecule has 2 heterocycles. The molecule has 0 atom stereocenters. The third kappa shape index (κ3) is 5.39. The van der Waals surface area contributed by atoms with Crippen LogP contribution in [0.3, 0.4) is 0 Å². The van der Waals surface area contributed by atoms with E-state index in [-0.39, 0.29) is 11.8 Å². The fourth-order valence-corrected chi connectivity index (χ4v) is 4.18. The second-order valence-corrected chi connectivity index (χ2v) is 8.62. The maximum absolute atomic E-state index is 12.8. The van der Waals surface area contributed by atoms with Crippen LogP contribution in [0.15, 0.2) is 70.0 Å². The number of nitrogens with one attached hydrogen (secondary N) is 1. The molecular weight excluding hydrogens is 408 g/mol. The predicted molar refractivity (Wildman–Crippen MR) is 125 cm³/mol. The summed E-state index contributed by atoms with van der Waals surface area (Å²) in [5, 5.41) is 3.93. The standard InChI is InChI=1S/C25H26N2O3S/c1-31-21-9-6-18(7-10-21)8-11-24(28)26-17-19-12-14-27(15-13-19)25(29)23-16-20-4-2-3-5-22(20)30-23/h2-11,16,19H,12-15,17H2,1H3,(H,26,28). The molecule has 1 aliphatic rings. The summed E-state index contributed by atoms with van der Waals surface area (Å²) in [5.41, 5.74) is 1.74. The SMILES string of the molecule is CSc1ccc(C=CC(=O)NCC2CCN(C(=O)c3cc4ccccc4o3)CC2)cc1. The number of hydrogen-bond acceptors (Lipinski definition) is 4. The number of piperidine rings is 1. The van der Waals surface area contributed by atoms with E-state index in [1.807, 2.05) is 71.8 Å². The van der Waals surface area contributed by atoms with E-state index in [0.29, 0.717) is 31.3 Å². The Balaban J connectivity index is 1.22. The zero-order valence-electron chi connectivity index (χ0n) is 17.5. The van der Waals surface area contributed by atoms with Gasteiger partial charge in [0.25, 0.3) is 5.91 Å². The Morgan fingerprint density at radius 3 is 2.58 bits per heavy atom. The highest BCUT2D eigenvalue weighted by atomic mass is 32.2. The van der Waals surface area contributed by atoms with Crippen LogP contribution in [0, 0.1) is 5.92 Å². The molecule has 4 rings (SSSR count). The number of carbonyl (C=O) groups is 2. The summed E-state index contributed by atoms with van der Waals surface area (Å²) < 4.78 is 5.71. The van der Waals surface area contributed by atoms with Crippen molar-refractivity contribution in [3.05, 3.63) is 72.0 Å².